The summed E-state index contributed by atoms with van der Waals surface area (Å²) in [4.78, 5) is 8.07. The molecule has 0 unspecified atom stereocenters. The van der Waals surface area contributed by atoms with Gasteiger partial charge in [0.25, 0.3) is 0 Å². The molecule has 5 nitrogen and oxygen atoms in total. The summed E-state index contributed by atoms with van der Waals surface area (Å²) in [5, 5.41) is 0.472. The molecular formula is C11H9AsCl2N3O2S. The van der Waals surface area contributed by atoms with Gasteiger partial charge in [-0.15, -0.1) is 0 Å². The monoisotopic (exact) mass is 392 g/mol. The third kappa shape index (κ3) is 3.51. The second-order valence-corrected chi connectivity index (χ2v) is 8.57. The van der Waals surface area contributed by atoms with Gasteiger partial charge < -0.3 is 0 Å². The summed E-state index contributed by atoms with van der Waals surface area (Å²) in [5.41, 5.74) is 0. The van der Waals surface area contributed by atoms with Crippen molar-refractivity contribution < 1.29 is 8.42 Å². The zero-order valence-corrected chi connectivity index (χ0v) is 14.4. The first kappa shape index (κ1) is 15.7. The number of nitrogens with zero attached hydrogens (tertiary/aromatic N) is 2. The molecule has 2 aromatic rings. The van der Waals surface area contributed by atoms with E-state index in [-0.39, 0.29) is 10.2 Å². The maximum atomic E-state index is 12.0. The first-order valence-corrected chi connectivity index (χ1v) is 9.48. The predicted molar refractivity (Wildman–Crippen MR) is 79.8 cm³/mol. The van der Waals surface area contributed by atoms with Crippen LogP contribution in [0.1, 0.15) is 0 Å². The van der Waals surface area contributed by atoms with Gasteiger partial charge in [0, 0.05) is 0 Å². The van der Waals surface area contributed by atoms with Crippen molar-refractivity contribution in [3.8, 4) is 0 Å². The van der Waals surface area contributed by atoms with Crippen LogP contribution in [0.3, 0.4) is 0 Å². The maximum absolute atomic E-state index is 12.0. The fraction of sp³-hybridized carbons (Fsp3) is 0.0909. The number of hydrogen-bond acceptors (Lipinski definition) is 4. The second-order valence-electron chi connectivity index (χ2n) is 3.60. The van der Waals surface area contributed by atoms with Gasteiger partial charge in [-0.1, -0.05) is 0 Å². The standard InChI is InChI=1S/C11H9AsCl2N3O2S/c1-15-20(18,19)9-5-3-2-4-7(9)12-10-8(13)6-16-11(14)17-10/h2-6,15H,1H3. The average molecular weight is 393 g/mol. The first-order valence-electron chi connectivity index (χ1n) is 5.36. The van der Waals surface area contributed by atoms with Crippen LogP contribution < -0.4 is 13.6 Å². The molecule has 1 N–H and O–H groups in total. The molecule has 2 rings (SSSR count). The zero-order chi connectivity index (χ0) is 14.8. The van der Waals surface area contributed by atoms with Gasteiger partial charge in [-0.25, -0.2) is 0 Å². The van der Waals surface area contributed by atoms with Crippen LogP contribution in [0.15, 0.2) is 35.4 Å². The van der Waals surface area contributed by atoms with Crippen molar-refractivity contribution in [3.63, 3.8) is 0 Å². The van der Waals surface area contributed by atoms with E-state index in [0.29, 0.717) is 13.9 Å². The van der Waals surface area contributed by atoms with Crippen LogP contribution in [0.5, 0.6) is 0 Å². The van der Waals surface area contributed by atoms with E-state index in [1.54, 1.807) is 24.3 Å². The molecule has 0 saturated carbocycles. The quantitative estimate of drug-likeness (QED) is 0.601. The molecule has 0 fully saturated rings. The Labute approximate surface area is 133 Å². The Balaban J connectivity index is 2.47. The summed E-state index contributed by atoms with van der Waals surface area (Å²) < 4.78 is 27.5. The fourth-order valence-electron chi connectivity index (χ4n) is 1.42. The Morgan fingerprint density at radius 1 is 1.25 bits per heavy atom. The molecule has 20 heavy (non-hydrogen) atoms. The normalized spacial score (nSPS) is 12.2. The van der Waals surface area contributed by atoms with Crippen LogP contribution >= 0.6 is 23.2 Å². The Kier molecular flexibility index (Phi) is 5.04. The van der Waals surface area contributed by atoms with Crippen LogP contribution in [0.25, 0.3) is 0 Å². The summed E-state index contributed by atoms with van der Waals surface area (Å²) in [7, 11) is -2.15. The van der Waals surface area contributed by atoms with Crippen molar-refractivity contribution in [2.45, 2.75) is 4.90 Å². The molecule has 0 amide bonds. The molecule has 0 saturated heterocycles. The van der Waals surface area contributed by atoms with Crippen LogP contribution in [-0.2, 0) is 10.0 Å². The van der Waals surface area contributed by atoms with Gasteiger partial charge in [-0.2, -0.15) is 0 Å². The molecule has 0 spiro atoms. The van der Waals surface area contributed by atoms with Crippen molar-refractivity contribution in [2.24, 2.45) is 0 Å². The third-order valence-electron chi connectivity index (χ3n) is 2.35. The van der Waals surface area contributed by atoms with E-state index in [1.165, 1.54) is 13.2 Å². The van der Waals surface area contributed by atoms with E-state index >= 15 is 0 Å². The molecule has 1 aromatic carbocycles. The molecule has 0 aliphatic carbocycles. The third-order valence-corrected chi connectivity index (χ3v) is 7.38. The van der Waals surface area contributed by atoms with Crippen molar-refractivity contribution in [2.75, 3.05) is 7.05 Å². The number of hydrogen-bond donors (Lipinski definition) is 1. The van der Waals surface area contributed by atoms with Crippen LogP contribution in [-0.4, -0.2) is 41.2 Å². The molecule has 0 bridgehead atoms. The number of benzene rings is 1. The summed E-state index contributed by atoms with van der Waals surface area (Å²) in [5.74, 6) is 0. The van der Waals surface area contributed by atoms with E-state index in [2.05, 4.69) is 14.7 Å². The Morgan fingerprint density at radius 3 is 2.65 bits per heavy atom. The molecule has 0 aliphatic heterocycles. The van der Waals surface area contributed by atoms with Crippen LogP contribution in [0.4, 0.5) is 0 Å². The molecule has 0 aliphatic rings. The van der Waals surface area contributed by atoms with Crippen molar-refractivity contribution >= 4 is 57.8 Å². The average Bonchev–Trinajstić information content (AvgIpc) is 2.43. The topological polar surface area (TPSA) is 72.0 Å². The van der Waals surface area contributed by atoms with Crippen molar-refractivity contribution in [1.29, 1.82) is 0 Å². The molecule has 105 valence electrons. The molecule has 0 atom stereocenters. The van der Waals surface area contributed by atoms with E-state index in [9.17, 15) is 8.42 Å². The number of aromatic nitrogens is 2. The number of halogens is 2. The Morgan fingerprint density at radius 2 is 1.95 bits per heavy atom. The molecule has 1 aromatic heterocycles. The number of sulfonamides is 1. The summed E-state index contributed by atoms with van der Waals surface area (Å²) in [6.07, 6.45) is 1.41. The molecule has 9 heteroatoms. The second kappa shape index (κ2) is 6.41. The van der Waals surface area contributed by atoms with Gasteiger partial charge >= 0.3 is 134 Å². The number of rotatable bonds is 4. The van der Waals surface area contributed by atoms with E-state index in [1.807, 2.05) is 0 Å². The van der Waals surface area contributed by atoms with Gasteiger partial charge in [-0.3, -0.25) is 0 Å². The summed E-state index contributed by atoms with van der Waals surface area (Å²) >= 11 is 11.0. The van der Waals surface area contributed by atoms with E-state index < -0.39 is 25.8 Å². The summed E-state index contributed by atoms with van der Waals surface area (Å²) in [6, 6.07) is 6.74. The van der Waals surface area contributed by atoms with Crippen LogP contribution in [0.2, 0.25) is 10.3 Å². The molecule has 1 radical (unpaired) electrons. The minimum atomic E-state index is -3.52. The van der Waals surface area contributed by atoms with E-state index in [0.717, 1.165) is 0 Å². The zero-order valence-electron chi connectivity index (χ0n) is 10.2. The molecular weight excluding hydrogens is 384 g/mol. The van der Waals surface area contributed by atoms with Crippen molar-refractivity contribution in [1.82, 2.24) is 14.7 Å². The van der Waals surface area contributed by atoms with Gasteiger partial charge in [0.15, 0.2) is 0 Å². The Hall–Kier alpha value is -0.652. The minimum absolute atomic E-state index is 0.0914. The van der Waals surface area contributed by atoms with Crippen LogP contribution in [0, 0.1) is 0 Å². The number of nitrogens with one attached hydrogen (secondary N) is 1. The Bertz CT molecular complexity index is 740. The van der Waals surface area contributed by atoms with Gasteiger partial charge in [0.2, 0.25) is 0 Å². The van der Waals surface area contributed by atoms with Gasteiger partial charge in [0.1, 0.15) is 0 Å². The fourth-order valence-corrected chi connectivity index (χ4v) is 5.66. The van der Waals surface area contributed by atoms with Gasteiger partial charge in [0.05, 0.1) is 0 Å². The predicted octanol–water partition coefficient (Wildman–Crippen LogP) is 0.347. The first-order chi connectivity index (χ1) is 9.44. The van der Waals surface area contributed by atoms with E-state index in [4.69, 9.17) is 23.2 Å². The SMILES string of the molecule is CNS(=O)(=O)c1ccccc1[As]c1nc(Cl)ncc1Cl. The van der Waals surface area contributed by atoms with Gasteiger partial charge in [-0.05, 0) is 0 Å². The summed E-state index contributed by atoms with van der Waals surface area (Å²) in [6.45, 7) is 0. The molecule has 1 heterocycles. The van der Waals surface area contributed by atoms with Crippen molar-refractivity contribution in [3.05, 3.63) is 40.8 Å².